The van der Waals surface area contributed by atoms with Crippen molar-refractivity contribution in [3.8, 4) is 0 Å². The van der Waals surface area contributed by atoms with Crippen molar-refractivity contribution in [2.75, 3.05) is 7.11 Å². The molecule has 0 saturated carbocycles. The fourth-order valence-corrected chi connectivity index (χ4v) is 1.17. The van der Waals surface area contributed by atoms with Crippen molar-refractivity contribution in [1.29, 1.82) is 0 Å². The minimum atomic E-state index is -0.721. The molecule has 0 radical (unpaired) electrons. The van der Waals surface area contributed by atoms with Crippen molar-refractivity contribution >= 4 is 0 Å². The molecule has 1 unspecified atom stereocenters. The summed E-state index contributed by atoms with van der Waals surface area (Å²) in [5, 5.41) is 13.0. The number of ether oxygens (including phenoxy) is 1. The van der Waals surface area contributed by atoms with E-state index >= 15 is 0 Å². The Morgan fingerprint density at radius 3 is 2.73 bits per heavy atom. The van der Waals surface area contributed by atoms with Gasteiger partial charge in [0.1, 0.15) is 12.1 Å². The first-order valence-electron chi connectivity index (χ1n) is 4.90. The minimum Gasteiger partial charge on any atom is -0.391 e. The molecule has 0 aliphatic carbocycles. The average molecular weight is 215 g/mol. The Labute approximate surface area is 88.4 Å². The fourth-order valence-electron chi connectivity index (χ4n) is 1.17. The first-order valence-corrected chi connectivity index (χ1v) is 4.90. The van der Waals surface area contributed by atoms with E-state index in [0.29, 0.717) is 5.82 Å². The molecule has 1 aromatic heterocycles. The Kier molecular flexibility index (Phi) is 4.19. The van der Waals surface area contributed by atoms with Gasteiger partial charge in [0.05, 0.1) is 6.10 Å². The van der Waals surface area contributed by atoms with E-state index in [4.69, 9.17) is 15.0 Å². The summed E-state index contributed by atoms with van der Waals surface area (Å²) in [6.07, 6.45) is -0.163. The SMILES string of the molecule is CCC(OC)c1noc([C@@H](N)[C@@H](C)O)n1. The van der Waals surface area contributed by atoms with Crippen LogP contribution in [0.2, 0.25) is 0 Å². The molecule has 1 aromatic rings. The topological polar surface area (TPSA) is 94.4 Å². The van der Waals surface area contributed by atoms with Gasteiger partial charge < -0.3 is 20.1 Å². The molecule has 1 heterocycles. The van der Waals surface area contributed by atoms with Gasteiger partial charge in [0.25, 0.3) is 0 Å². The first-order chi connectivity index (χ1) is 7.10. The van der Waals surface area contributed by atoms with Gasteiger partial charge in [-0.2, -0.15) is 4.98 Å². The molecular formula is C9H17N3O3. The molecule has 86 valence electrons. The molecule has 0 aliphatic rings. The van der Waals surface area contributed by atoms with Crippen LogP contribution in [0.4, 0.5) is 0 Å². The molecule has 3 atom stereocenters. The monoisotopic (exact) mass is 215 g/mol. The van der Waals surface area contributed by atoms with Crippen LogP contribution in [0.15, 0.2) is 4.52 Å². The molecule has 6 nitrogen and oxygen atoms in total. The van der Waals surface area contributed by atoms with E-state index in [1.54, 1.807) is 14.0 Å². The lowest BCUT2D eigenvalue weighted by Gasteiger charge is -2.09. The quantitative estimate of drug-likeness (QED) is 0.744. The largest absolute Gasteiger partial charge is 0.391 e. The predicted molar refractivity (Wildman–Crippen MR) is 52.9 cm³/mol. The molecule has 0 saturated heterocycles. The third kappa shape index (κ3) is 2.74. The van der Waals surface area contributed by atoms with E-state index in [1.165, 1.54) is 0 Å². The molecule has 15 heavy (non-hydrogen) atoms. The number of methoxy groups -OCH3 is 1. The van der Waals surface area contributed by atoms with Crippen LogP contribution in [-0.2, 0) is 4.74 Å². The molecular weight excluding hydrogens is 198 g/mol. The molecule has 0 aromatic carbocycles. The van der Waals surface area contributed by atoms with Crippen LogP contribution < -0.4 is 5.73 Å². The van der Waals surface area contributed by atoms with Crippen molar-refractivity contribution in [3.63, 3.8) is 0 Å². The number of hydrogen-bond acceptors (Lipinski definition) is 6. The van der Waals surface area contributed by atoms with Crippen LogP contribution in [0, 0.1) is 0 Å². The molecule has 6 heteroatoms. The normalized spacial score (nSPS) is 17.4. The van der Waals surface area contributed by atoms with Gasteiger partial charge in [0.15, 0.2) is 0 Å². The van der Waals surface area contributed by atoms with E-state index < -0.39 is 12.1 Å². The maximum Gasteiger partial charge on any atom is 0.246 e. The van der Waals surface area contributed by atoms with E-state index in [-0.39, 0.29) is 12.0 Å². The molecule has 0 spiro atoms. The van der Waals surface area contributed by atoms with Crippen LogP contribution in [-0.4, -0.2) is 28.5 Å². The number of aliphatic hydroxyl groups excluding tert-OH is 1. The predicted octanol–water partition coefficient (Wildman–Crippen LogP) is 0.548. The molecule has 0 bridgehead atoms. The van der Waals surface area contributed by atoms with Crippen LogP contribution in [0.1, 0.15) is 44.1 Å². The number of aliphatic hydroxyl groups is 1. The smallest absolute Gasteiger partial charge is 0.246 e. The Bertz CT molecular complexity index is 280. The first kappa shape index (κ1) is 12.1. The Hall–Kier alpha value is -0.980. The van der Waals surface area contributed by atoms with Crippen LogP contribution in [0.25, 0.3) is 0 Å². The third-order valence-electron chi connectivity index (χ3n) is 2.21. The van der Waals surface area contributed by atoms with Gasteiger partial charge in [-0.3, -0.25) is 0 Å². The Balaban J connectivity index is 2.79. The van der Waals surface area contributed by atoms with Gasteiger partial charge in [-0.1, -0.05) is 12.1 Å². The number of hydrogen-bond donors (Lipinski definition) is 2. The fraction of sp³-hybridized carbons (Fsp3) is 0.778. The zero-order valence-electron chi connectivity index (χ0n) is 9.17. The lowest BCUT2D eigenvalue weighted by atomic mass is 10.2. The molecule has 1 rings (SSSR count). The second-order valence-corrected chi connectivity index (χ2v) is 3.39. The molecule has 0 aliphatic heterocycles. The summed E-state index contributed by atoms with van der Waals surface area (Å²) in [4.78, 5) is 4.09. The molecule has 0 amide bonds. The summed E-state index contributed by atoms with van der Waals surface area (Å²) in [5.41, 5.74) is 5.65. The van der Waals surface area contributed by atoms with Crippen LogP contribution in [0.5, 0.6) is 0 Å². The second-order valence-electron chi connectivity index (χ2n) is 3.39. The van der Waals surface area contributed by atoms with Crippen molar-refractivity contribution < 1.29 is 14.4 Å². The van der Waals surface area contributed by atoms with Crippen molar-refractivity contribution in [2.45, 2.75) is 38.5 Å². The lowest BCUT2D eigenvalue weighted by molar-refractivity contribution is 0.0903. The highest BCUT2D eigenvalue weighted by Gasteiger charge is 2.22. The zero-order chi connectivity index (χ0) is 11.4. The highest BCUT2D eigenvalue weighted by Crippen LogP contribution is 2.19. The maximum absolute atomic E-state index is 9.25. The van der Waals surface area contributed by atoms with Gasteiger partial charge >= 0.3 is 0 Å². The average Bonchev–Trinajstić information content (AvgIpc) is 2.67. The van der Waals surface area contributed by atoms with Crippen molar-refractivity contribution in [2.24, 2.45) is 5.73 Å². The third-order valence-corrected chi connectivity index (χ3v) is 2.21. The number of aromatic nitrogens is 2. The van der Waals surface area contributed by atoms with E-state index in [2.05, 4.69) is 10.1 Å². The zero-order valence-corrected chi connectivity index (χ0v) is 9.17. The number of nitrogens with zero attached hydrogens (tertiary/aromatic N) is 2. The van der Waals surface area contributed by atoms with Gasteiger partial charge in [-0.05, 0) is 13.3 Å². The second kappa shape index (κ2) is 5.20. The summed E-state index contributed by atoms with van der Waals surface area (Å²) >= 11 is 0. The Morgan fingerprint density at radius 2 is 2.27 bits per heavy atom. The number of nitrogens with two attached hydrogens (primary N) is 1. The summed E-state index contributed by atoms with van der Waals surface area (Å²) in [6.45, 7) is 3.53. The van der Waals surface area contributed by atoms with E-state index in [9.17, 15) is 5.11 Å². The number of rotatable bonds is 5. The lowest BCUT2D eigenvalue weighted by Crippen LogP contribution is -2.23. The van der Waals surface area contributed by atoms with Gasteiger partial charge in [0.2, 0.25) is 11.7 Å². The standard InChI is InChI=1S/C9H17N3O3/c1-4-6(14-3)8-11-9(15-12-8)7(10)5(2)13/h5-7,13H,4,10H2,1-3H3/t5-,6?,7+/m1/s1. The minimum absolute atomic E-state index is 0.191. The highest BCUT2D eigenvalue weighted by atomic mass is 16.5. The van der Waals surface area contributed by atoms with E-state index in [0.717, 1.165) is 6.42 Å². The van der Waals surface area contributed by atoms with E-state index in [1.807, 2.05) is 6.92 Å². The molecule has 3 N–H and O–H groups in total. The van der Waals surface area contributed by atoms with Crippen molar-refractivity contribution in [3.05, 3.63) is 11.7 Å². The summed E-state index contributed by atoms with van der Waals surface area (Å²) in [7, 11) is 1.58. The van der Waals surface area contributed by atoms with Gasteiger partial charge in [0, 0.05) is 7.11 Å². The molecule has 0 fully saturated rings. The summed E-state index contributed by atoms with van der Waals surface area (Å²) < 4.78 is 10.1. The van der Waals surface area contributed by atoms with Gasteiger partial charge in [-0.15, -0.1) is 0 Å². The van der Waals surface area contributed by atoms with Crippen LogP contribution in [0.3, 0.4) is 0 Å². The highest BCUT2D eigenvalue weighted by molar-refractivity contribution is 4.96. The van der Waals surface area contributed by atoms with Crippen molar-refractivity contribution in [1.82, 2.24) is 10.1 Å². The summed E-state index contributed by atoms with van der Waals surface area (Å²) in [6, 6.07) is -0.652. The van der Waals surface area contributed by atoms with Crippen LogP contribution >= 0.6 is 0 Å². The van der Waals surface area contributed by atoms with Gasteiger partial charge in [-0.25, -0.2) is 0 Å². The summed E-state index contributed by atoms with van der Waals surface area (Å²) in [5.74, 6) is 0.696. The Morgan fingerprint density at radius 1 is 1.60 bits per heavy atom. The maximum atomic E-state index is 9.25.